The predicted molar refractivity (Wildman–Crippen MR) is 59.2 cm³/mol. The van der Waals surface area contributed by atoms with Crippen molar-refractivity contribution < 1.29 is 13.5 Å². The average molecular weight is 229 g/mol. The Labute approximate surface area is 94.6 Å². The van der Waals surface area contributed by atoms with Crippen LogP contribution in [-0.2, 0) is 4.74 Å². The van der Waals surface area contributed by atoms with E-state index in [1.54, 1.807) is 14.2 Å². The molecule has 0 aliphatic rings. The maximum absolute atomic E-state index is 13.6. The van der Waals surface area contributed by atoms with Gasteiger partial charge >= 0.3 is 0 Å². The maximum Gasteiger partial charge on any atom is 0.128 e. The van der Waals surface area contributed by atoms with Gasteiger partial charge in [0, 0.05) is 12.7 Å². The first-order chi connectivity index (χ1) is 7.63. The van der Waals surface area contributed by atoms with E-state index in [2.05, 4.69) is 5.32 Å². The molecular weight excluding hydrogens is 212 g/mol. The molecular formula is C12H17F2NO. The fourth-order valence-corrected chi connectivity index (χ4v) is 1.83. The standard InChI is InChI=1S/C12H17F2NO/c1-4-11(16-3)12(15-2)9-7-8(13)5-6-10(9)14/h5-7,11-12,15H,4H2,1-3H3. The summed E-state index contributed by atoms with van der Waals surface area (Å²) in [6.07, 6.45) is 0.541. The topological polar surface area (TPSA) is 21.3 Å². The van der Waals surface area contributed by atoms with Gasteiger partial charge in [-0.3, -0.25) is 0 Å². The summed E-state index contributed by atoms with van der Waals surface area (Å²) in [5, 5.41) is 2.96. The Hall–Kier alpha value is -1.00. The van der Waals surface area contributed by atoms with E-state index >= 15 is 0 Å². The van der Waals surface area contributed by atoms with Gasteiger partial charge < -0.3 is 10.1 Å². The van der Waals surface area contributed by atoms with Gasteiger partial charge in [0.2, 0.25) is 0 Å². The Morgan fingerprint density at radius 1 is 1.38 bits per heavy atom. The molecule has 0 aliphatic heterocycles. The second-order valence-electron chi connectivity index (χ2n) is 3.61. The van der Waals surface area contributed by atoms with Crippen LogP contribution in [0.4, 0.5) is 8.78 Å². The molecule has 0 fully saturated rings. The molecule has 0 saturated heterocycles. The van der Waals surface area contributed by atoms with Crippen LogP contribution in [0.15, 0.2) is 18.2 Å². The molecule has 0 amide bonds. The zero-order valence-electron chi connectivity index (χ0n) is 9.76. The first kappa shape index (κ1) is 13.1. The molecule has 90 valence electrons. The molecule has 2 atom stereocenters. The number of halogens is 2. The molecule has 1 aromatic carbocycles. The molecule has 0 heterocycles. The van der Waals surface area contributed by atoms with Crippen LogP contribution in [0.2, 0.25) is 0 Å². The van der Waals surface area contributed by atoms with Crippen molar-refractivity contribution in [3.8, 4) is 0 Å². The molecule has 0 radical (unpaired) electrons. The fraction of sp³-hybridized carbons (Fsp3) is 0.500. The molecule has 0 saturated carbocycles. The minimum atomic E-state index is -0.442. The van der Waals surface area contributed by atoms with E-state index in [1.807, 2.05) is 6.92 Å². The molecule has 0 aliphatic carbocycles. The van der Waals surface area contributed by atoms with Crippen LogP contribution in [0.5, 0.6) is 0 Å². The summed E-state index contributed by atoms with van der Waals surface area (Å²) in [7, 11) is 3.27. The van der Waals surface area contributed by atoms with Crippen LogP contribution in [0.1, 0.15) is 24.9 Å². The van der Waals surface area contributed by atoms with Crippen LogP contribution in [0.25, 0.3) is 0 Å². The largest absolute Gasteiger partial charge is 0.379 e. The van der Waals surface area contributed by atoms with E-state index in [0.29, 0.717) is 5.56 Å². The molecule has 2 unspecified atom stereocenters. The smallest absolute Gasteiger partial charge is 0.128 e. The summed E-state index contributed by atoms with van der Waals surface area (Å²) in [6, 6.07) is 3.11. The highest BCUT2D eigenvalue weighted by Gasteiger charge is 2.23. The van der Waals surface area contributed by atoms with Gasteiger partial charge in [-0.2, -0.15) is 0 Å². The molecule has 16 heavy (non-hydrogen) atoms. The van der Waals surface area contributed by atoms with Crippen molar-refractivity contribution in [3.05, 3.63) is 35.4 Å². The summed E-state index contributed by atoms with van der Waals surface area (Å²) in [6.45, 7) is 1.94. The Bertz CT molecular complexity index is 340. The van der Waals surface area contributed by atoms with Gasteiger partial charge in [-0.1, -0.05) is 6.92 Å². The zero-order chi connectivity index (χ0) is 12.1. The van der Waals surface area contributed by atoms with E-state index < -0.39 is 11.6 Å². The van der Waals surface area contributed by atoms with Gasteiger partial charge in [0.25, 0.3) is 0 Å². The highest BCUT2D eigenvalue weighted by Crippen LogP contribution is 2.24. The van der Waals surface area contributed by atoms with E-state index in [9.17, 15) is 8.78 Å². The lowest BCUT2D eigenvalue weighted by Crippen LogP contribution is -2.31. The van der Waals surface area contributed by atoms with Crippen molar-refractivity contribution in [2.75, 3.05) is 14.2 Å². The van der Waals surface area contributed by atoms with Crippen LogP contribution < -0.4 is 5.32 Å². The Balaban J connectivity index is 3.06. The lowest BCUT2D eigenvalue weighted by molar-refractivity contribution is 0.0663. The minimum absolute atomic E-state index is 0.179. The predicted octanol–water partition coefficient (Wildman–Crippen LogP) is 2.65. The molecule has 1 N–H and O–H groups in total. The average Bonchev–Trinajstić information content (AvgIpc) is 2.29. The minimum Gasteiger partial charge on any atom is -0.379 e. The molecule has 4 heteroatoms. The second kappa shape index (κ2) is 5.92. The van der Waals surface area contributed by atoms with Crippen LogP contribution >= 0.6 is 0 Å². The number of nitrogens with one attached hydrogen (secondary N) is 1. The SMILES string of the molecule is CCC(OC)C(NC)c1cc(F)ccc1F. The van der Waals surface area contributed by atoms with Gasteiger partial charge in [-0.15, -0.1) is 0 Å². The number of ether oxygens (including phenoxy) is 1. The summed E-state index contributed by atoms with van der Waals surface area (Å²) in [5.41, 5.74) is 0.302. The molecule has 1 rings (SSSR count). The van der Waals surface area contributed by atoms with E-state index in [4.69, 9.17) is 4.74 Å². The third-order valence-corrected chi connectivity index (χ3v) is 2.68. The summed E-state index contributed by atoms with van der Waals surface area (Å²) >= 11 is 0. The second-order valence-corrected chi connectivity index (χ2v) is 3.61. The van der Waals surface area contributed by atoms with Crippen LogP contribution in [0.3, 0.4) is 0 Å². The number of likely N-dealkylation sites (N-methyl/N-ethyl adjacent to an activating group) is 1. The van der Waals surface area contributed by atoms with Gasteiger partial charge in [0.1, 0.15) is 11.6 Å². The van der Waals surface area contributed by atoms with Gasteiger partial charge in [-0.05, 0) is 31.7 Å². The van der Waals surface area contributed by atoms with Crippen LogP contribution in [-0.4, -0.2) is 20.3 Å². The zero-order valence-corrected chi connectivity index (χ0v) is 9.76. The number of benzene rings is 1. The normalized spacial score (nSPS) is 14.8. The Kier molecular flexibility index (Phi) is 4.83. The summed E-state index contributed by atoms with van der Waals surface area (Å²) in [4.78, 5) is 0. The van der Waals surface area contributed by atoms with E-state index in [-0.39, 0.29) is 12.1 Å². The Morgan fingerprint density at radius 2 is 2.06 bits per heavy atom. The van der Waals surface area contributed by atoms with Crippen molar-refractivity contribution in [1.29, 1.82) is 0 Å². The first-order valence-electron chi connectivity index (χ1n) is 5.29. The van der Waals surface area contributed by atoms with Crippen molar-refractivity contribution in [1.82, 2.24) is 5.32 Å². The van der Waals surface area contributed by atoms with Crippen molar-refractivity contribution >= 4 is 0 Å². The molecule has 0 bridgehead atoms. The number of hydrogen-bond acceptors (Lipinski definition) is 2. The Morgan fingerprint density at radius 3 is 2.56 bits per heavy atom. The fourth-order valence-electron chi connectivity index (χ4n) is 1.83. The maximum atomic E-state index is 13.6. The van der Waals surface area contributed by atoms with Gasteiger partial charge in [-0.25, -0.2) is 8.78 Å². The third kappa shape index (κ3) is 2.77. The van der Waals surface area contributed by atoms with Gasteiger partial charge in [0.05, 0.1) is 12.1 Å². The van der Waals surface area contributed by atoms with Gasteiger partial charge in [0.15, 0.2) is 0 Å². The number of rotatable bonds is 5. The van der Waals surface area contributed by atoms with E-state index in [0.717, 1.165) is 18.6 Å². The molecule has 2 nitrogen and oxygen atoms in total. The number of hydrogen-bond donors (Lipinski definition) is 1. The monoisotopic (exact) mass is 229 g/mol. The highest BCUT2D eigenvalue weighted by atomic mass is 19.1. The summed E-state index contributed by atoms with van der Waals surface area (Å²) < 4.78 is 31.9. The molecule has 1 aromatic rings. The number of methoxy groups -OCH3 is 1. The van der Waals surface area contributed by atoms with E-state index in [1.165, 1.54) is 6.07 Å². The molecule has 0 spiro atoms. The van der Waals surface area contributed by atoms with Crippen molar-refractivity contribution in [3.63, 3.8) is 0 Å². The summed E-state index contributed by atoms with van der Waals surface area (Å²) in [5.74, 6) is -0.862. The van der Waals surface area contributed by atoms with Crippen LogP contribution in [0, 0.1) is 11.6 Å². The highest BCUT2D eigenvalue weighted by molar-refractivity contribution is 5.23. The quantitative estimate of drug-likeness (QED) is 0.838. The first-order valence-corrected chi connectivity index (χ1v) is 5.29. The van der Waals surface area contributed by atoms with Crippen molar-refractivity contribution in [2.45, 2.75) is 25.5 Å². The lowest BCUT2D eigenvalue weighted by Gasteiger charge is -2.25. The lowest BCUT2D eigenvalue weighted by atomic mass is 9.99. The third-order valence-electron chi connectivity index (χ3n) is 2.68. The molecule has 0 aromatic heterocycles. The van der Waals surface area contributed by atoms with Crippen molar-refractivity contribution in [2.24, 2.45) is 0 Å².